The molecular formula is C19H16ClN3OS. The van der Waals surface area contributed by atoms with Crippen LogP contribution in [0.5, 0.6) is 0 Å². The molecule has 3 aromatic rings. The predicted octanol–water partition coefficient (Wildman–Crippen LogP) is 3.90. The van der Waals surface area contributed by atoms with E-state index in [1.54, 1.807) is 35.9 Å². The highest BCUT2D eigenvalue weighted by Crippen LogP contribution is 2.37. The summed E-state index contributed by atoms with van der Waals surface area (Å²) in [5.41, 5.74) is 2.74. The number of hydrogen-bond acceptors (Lipinski definition) is 5. The molecule has 0 radical (unpaired) electrons. The zero-order chi connectivity index (χ0) is 17.2. The van der Waals surface area contributed by atoms with E-state index >= 15 is 0 Å². The van der Waals surface area contributed by atoms with Crippen molar-refractivity contribution < 1.29 is 5.11 Å². The third-order valence-electron chi connectivity index (χ3n) is 4.10. The van der Waals surface area contributed by atoms with Crippen LogP contribution in [-0.4, -0.2) is 29.0 Å². The summed E-state index contributed by atoms with van der Waals surface area (Å²) in [4.78, 5) is 10.7. The number of amidine groups is 1. The molecule has 1 atom stereocenters. The smallest absolute Gasteiger partial charge is 0.139 e. The van der Waals surface area contributed by atoms with Crippen LogP contribution in [0.1, 0.15) is 22.1 Å². The van der Waals surface area contributed by atoms with E-state index < -0.39 is 6.10 Å². The Hall–Kier alpha value is -2.21. The van der Waals surface area contributed by atoms with Gasteiger partial charge >= 0.3 is 0 Å². The first kappa shape index (κ1) is 16.3. The second-order valence-electron chi connectivity index (χ2n) is 5.74. The van der Waals surface area contributed by atoms with Gasteiger partial charge in [0.25, 0.3) is 0 Å². The molecule has 6 heteroatoms. The third-order valence-corrected chi connectivity index (χ3v) is 5.55. The highest BCUT2D eigenvalue weighted by Gasteiger charge is 2.23. The highest BCUT2D eigenvalue weighted by molar-refractivity contribution is 7.17. The third kappa shape index (κ3) is 3.31. The van der Waals surface area contributed by atoms with Crippen LogP contribution in [0.3, 0.4) is 0 Å². The number of pyridine rings is 1. The highest BCUT2D eigenvalue weighted by atomic mass is 35.5. The molecule has 2 aromatic heterocycles. The monoisotopic (exact) mass is 369 g/mol. The van der Waals surface area contributed by atoms with E-state index in [1.165, 1.54) is 0 Å². The van der Waals surface area contributed by atoms with Gasteiger partial charge in [-0.1, -0.05) is 23.7 Å². The van der Waals surface area contributed by atoms with Gasteiger partial charge in [0.05, 0.1) is 11.4 Å². The molecule has 1 unspecified atom stereocenters. The summed E-state index contributed by atoms with van der Waals surface area (Å²) >= 11 is 7.60. The number of aliphatic imine (C=N–C) groups is 1. The average Bonchev–Trinajstić information content (AvgIpc) is 3.32. The number of benzene rings is 1. The maximum absolute atomic E-state index is 11.0. The zero-order valence-corrected chi connectivity index (χ0v) is 14.9. The van der Waals surface area contributed by atoms with E-state index in [1.807, 2.05) is 30.3 Å². The zero-order valence-electron chi connectivity index (χ0n) is 13.3. The molecule has 4 rings (SSSR count). The Morgan fingerprint density at radius 2 is 1.88 bits per heavy atom. The summed E-state index contributed by atoms with van der Waals surface area (Å²) in [6, 6.07) is 13.3. The number of nitrogens with zero attached hydrogens (tertiary/aromatic N) is 2. The van der Waals surface area contributed by atoms with Gasteiger partial charge in [0, 0.05) is 34.4 Å². The van der Waals surface area contributed by atoms with Gasteiger partial charge in [-0.3, -0.25) is 9.98 Å². The Morgan fingerprint density at radius 3 is 2.56 bits per heavy atom. The molecule has 1 aliphatic heterocycles. The van der Waals surface area contributed by atoms with E-state index in [-0.39, 0.29) is 0 Å². The average molecular weight is 370 g/mol. The SMILES string of the molecule is OC(c1ccc(Cl)cc1)c1cc(-c2ccncc2)sc1C1=NCCN1. The molecule has 0 saturated carbocycles. The van der Waals surface area contributed by atoms with Crippen molar-refractivity contribution >= 4 is 28.8 Å². The quantitative estimate of drug-likeness (QED) is 0.733. The number of aliphatic hydroxyl groups is 1. The Balaban J connectivity index is 1.79. The number of hydrogen-bond donors (Lipinski definition) is 2. The number of nitrogens with one attached hydrogen (secondary N) is 1. The van der Waals surface area contributed by atoms with Gasteiger partial charge in [-0.25, -0.2) is 0 Å². The minimum atomic E-state index is -0.732. The van der Waals surface area contributed by atoms with Crippen LogP contribution >= 0.6 is 22.9 Å². The van der Waals surface area contributed by atoms with Crippen molar-refractivity contribution in [1.29, 1.82) is 0 Å². The van der Waals surface area contributed by atoms with E-state index in [4.69, 9.17) is 11.6 Å². The van der Waals surface area contributed by atoms with Crippen molar-refractivity contribution in [2.75, 3.05) is 13.1 Å². The van der Waals surface area contributed by atoms with E-state index in [0.717, 1.165) is 45.4 Å². The Labute approximate surface area is 154 Å². The minimum absolute atomic E-state index is 0.654. The minimum Gasteiger partial charge on any atom is -0.384 e. The normalized spacial score (nSPS) is 14.9. The Bertz CT molecular complexity index is 906. The van der Waals surface area contributed by atoms with Crippen molar-refractivity contribution in [3.05, 3.63) is 75.9 Å². The fraction of sp³-hybridized carbons (Fsp3) is 0.158. The maximum Gasteiger partial charge on any atom is 0.139 e. The van der Waals surface area contributed by atoms with Crippen LogP contribution in [0, 0.1) is 0 Å². The largest absolute Gasteiger partial charge is 0.384 e. The number of aromatic nitrogens is 1. The molecule has 2 N–H and O–H groups in total. The summed E-state index contributed by atoms with van der Waals surface area (Å²) in [5, 5.41) is 14.9. The molecule has 0 spiro atoms. The van der Waals surface area contributed by atoms with Crippen LogP contribution in [0.15, 0.2) is 59.9 Å². The number of aliphatic hydroxyl groups excluding tert-OH is 1. The molecular weight excluding hydrogens is 354 g/mol. The van der Waals surface area contributed by atoms with Crippen molar-refractivity contribution in [1.82, 2.24) is 10.3 Å². The molecule has 3 heterocycles. The summed E-state index contributed by atoms with van der Waals surface area (Å²) in [6.07, 6.45) is 2.81. The van der Waals surface area contributed by atoms with E-state index in [0.29, 0.717) is 5.02 Å². The van der Waals surface area contributed by atoms with E-state index in [9.17, 15) is 5.11 Å². The Morgan fingerprint density at radius 1 is 1.12 bits per heavy atom. The number of rotatable bonds is 4. The molecule has 0 saturated heterocycles. The fourth-order valence-corrected chi connectivity index (χ4v) is 4.13. The van der Waals surface area contributed by atoms with Crippen molar-refractivity contribution in [3.63, 3.8) is 0 Å². The van der Waals surface area contributed by atoms with Gasteiger partial charge < -0.3 is 10.4 Å². The van der Waals surface area contributed by atoms with Gasteiger partial charge in [-0.2, -0.15) is 0 Å². The van der Waals surface area contributed by atoms with Gasteiger partial charge in [-0.15, -0.1) is 11.3 Å². The lowest BCUT2D eigenvalue weighted by Crippen LogP contribution is -2.20. The second-order valence-corrected chi connectivity index (χ2v) is 7.23. The van der Waals surface area contributed by atoms with E-state index in [2.05, 4.69) is 15.3 Å². The predicted molar refractivity (Wildman–Crippen MR) is 102 cm³/mol. The molecule has 0 fully saturated rings. The number of halogens is 1. The lowest BCUT2D eigenvalue weighted by molar-refractivity contribution is 0.220. The molecule has 1 aliphatic rings. The van der Waals surface area contributed by atoms with Crippen molar-refractivity contribution in [2.24, 2.45) is 4.99 Å². The van der Waals surface area contributed by atoms with Crippen LogP contribution < -0.4 is 5.32 Å². The topological polar surface area (TPSA) is 57.5 Å². The van der Waals surface area contributed by atoms with Gasteiger partial charge in [0.1, 0.15) is 11.9 Å². The van der Waals surface area contributed by atoms with Crippen LogP contribution in [-0.2, 0) is 0 Å². The molecule has 0 aliphatic carbocycles. The summed E-state index contributed by atoms with van der Waals surface area (Å²) < 4.78 is 0. The molecule has 25 heavy (non-hydrogen) atoms. The molecule has 126 valence electrons. The van der Waals surface area contributed by atoms with Crippen LogP contribution in [0.4, 0.5) is 0 Å². The number of thiophene rings is 1. The summed E-state index contributed by atoms with van der Waals surface area (Å²) in [7, 11) is 0. The summed E-state index contributed by atoms with van der Waals surface area (Å²) in [5.74, 6) is 0.855. The molecule has 4 nitrogen and oxygen atoms in total. The van der Waals surface area contributed by atoms with Gasteiger partial charge in [-0.05, 0) is 41.5 Å². The lowest BCUT2D eigenvalue weighted by Gasteiger charge is -2.12. The molecule has 0 amide bonds. The van der Waals surface area contributed by atoms with Crippen molar-refractivity contribution in [2.45, 2.75) is 6.10 Å². The Kier molecular flexibility index (Phi) is 4.53. The van der Waals surface area contributed by atoms with Gasteiger partial charge in [0.2, 0.25) is 0 Å². The molecule has 1 aromatic carbocycles. The molecule has 0 bridgehead atoms. The van der Waals surface area contributed by atoms with Crippen LogP contribution in [0.2, 0.25) is 5.02 Å². The fourth-order valence-electron chi connectivity index (χ4n) is 2.83. The van der Waals surface area contributed by atoms with Crippen LogP contribution in [0.25, 0.3) is 10.4 Å². The maximum atomic E-state index is 11.0. The second kappa shape index (κ2) is 6.96. The lowest BCUT2D eigenvalue weighted by atomic mass is 10.0. The van der Waals surface area contributed by atoms with Crippen molar-refractivity contribution in [3.8, 4) is 10.4 Å². The first-order chi connectivity index (χ1) is 12.2. The first-order valence-corrected chi connectivity index (χ1v) is 9.18. The standard InChI is InChI=1S/C19H16ClN3OS/c20-14-3-1-13(2-4-14)17(24)15-11-16(12-5-7-21-8-6-12)25-18(15)19-22-9-10-23-19/h1-8,11,17,24H,9-10H2,(H,22,23). The summed E-state index contributed by atoms with van der Waals surface area (Å²) in [6.45, 7) is 1.59. The van der Waals surface area contributed by atoms with Gasteiger partial charge in [0.15, 0.2) is 0 Å². The first-order valence-electron chi connectivity index (χ1n) is 7.99.